The van der Waals surface area contributed by atoms with E-state index in [1.807, 2.05) is 25.2 Å². The molecule has 0 aliphatic carbocycles. The van der Waals surface area contributed by atoms with Gasteiger partial charge in [0.15, 0.2) is 0 Å². The molecule has 0 aromatic heterocycles. The van der Waals surface area contributed by atoms with Crippen LogP contribution >= 0.6 is 23.2 Å². The van der Waals surface area contributed by atoms with Gasteiger partial charge in [0.05, 0.1) is 10.0 Å². The highest BCUT2D eigenvalue weighted by molar-refractivity contribution is 6.42. The van der Waals surface area contributed by atoms with E-state index in [1.54, 1.807) is 0 Å². The number of benzene rings is 2. The molecule has 1 nitrogen and oxygen atoms in total. The molecule has 20 heavy (non-hydrogen) atoms. The normalized spacial score (nSPS) is 12.4. The van der Waals surface area contributed by atoms with Gasteiger partial charge in [0, 0.05) is 6.04 Å². The summed E-state index contributed by atoms with van der Waals surface area (Å²) in [7, 11) is 1.99. The molecular formula is C17H19Cl2N. The van der Waals surface area contributed by atoms with Gasteiger partial charge in [0.1, 0.15) is 0 Å². The van der Waals surface area contributed by atoms with E-state index in [4.69, 9.17) is 23.2 Å². The molecule has 1 atom stereocenters. The topological polar surface area (TPSA) is 12.0 Å². The number of aryl methyl sites for hydroxylation is 1. The molecule has 2 aromatic carbocycles. The van der Waals surface area contributed by atoms with Crippen molar-refractivity contribution in [3.8, 4) is 0 Å². The lowest BCUT2D eigenvalue weighted by Gasteiger charge is -2.18. The lowest BCUT2D eigenvalue weighted by molar-refractivity contribution is 0.555. The van der Waals surface area contributed by atoms with E-state index in [9.17, 15) is 0 Å². The Balaban J connectivity index is 2.14. The largest absolute Gasteiger partial charge is 0.316 e. The summed E-state index contributed by atoms with van der Waals surface area (Å²) in [5, 5.41) is 4.66. The van der Waals surface area contributed by atoms with E-state index >= 15 is 0 Å². The van der Waals surface area contributed by atoms with Crippen LogP contribution in [0.4, 0.5) is 0 Å². The summed E-state index contributed by atoms with van der Waals surface area (Å²) >= 11 is 12.3. The smallest absolute Gasteiger partial charge is 0.0624 e. The van der Waals surface area contributed by atoms with Crippen molar-refractivity contribution < 1.29 is 0 Å². The van der Waals surface area contributed by atoms with Crippen LogP contribution in [-0.2, 0) is 12.8 Å². The SMILES string of the molecule is CNC(Cc1ccccc1C)Cc1cccc(Cl)c1Cl. The van der Waals surface area contributed by atoms with E-state index in [0.717, 1.165) is 18.4 Å². The Morgan fingerprint density at radius 2 is 1.60 bits per heavy atom. The van der Waals surface area contributed by atoms with Crippen molar-refractivity contribution in [3.63, 3.8) is 0 Å². The molecule has 0 bridgehead atoms. The summed E-state index contributed by atoms with van der Waals surface area (Å²) in [6, 6.07) is 14.6. The number of rotatable bonds is 5. The molecule has 0 aliphatic heterocycles. The molecule has 3 heteroatoms. The molecule has 1 unspecified atom stereocenters. The Morgan fingerprint density at radius 1 is 0.950 bits per heavy atom. The average Bonchev–Trinajstić information content (AvgIpc) is 2.45. The van der Waals surface area contributed by atoms with Crippen molar-refractivity contribution in [3.05, 3.63) is 69.2 Å². The third-order valence-corrected chi connectivity index (χ3v) is 4.49. The second kappa shape index (κ2) is 7.12. The van der Waals surface area contributed by atoms with Crippen LogP contribution in [0.2, 0.25) is 10.0 Å². The Bertz CT molecular complexity index is 581. The number of hydrogen-bond acceptors (Lipinski definition) is 1. The molecule has 1 N–H and O–H groups in total. The Kier molecular flexibility index (Phi) is 5.47. The maximum Gasteiger partial charge on any atom is 0.0624 e. The fraction of sp³-hybridized carbons (Fsp3) is 0.294. The van der Waals surface area contributed by atoms with Gasteiger partial charge in [-0.15, -0.1) is 0 Å². The highest BCUT2D eigenvalue weighted by Gasteiger charge is 2.13. The van der Waals surface area contributed by atoms with Gasteiger partial charge in [-0.05, 0) is 49.6 Å². The second-order valence-electron chi connectivity index (χ2n) is 5.03. The van der Waals surface area contributed by atoms with Gasteiger partial charge in [0.2, 0.25) is 0 Å². The average molecular weight is 308 g/mol. The van der Waals surface area contributed by atoms with Crippen LogP contribution in [0.15, 0.2) is 42.5 Å². The molecule has 2 rings (SSSR count). The summed E-state index contributed by atoms with van der Waals surface area (Å²) in [5.41, 5.74) is 3.78. The quantitative estimate of drug-likeness (QED) is 0.846. The first-order valence-electron chi connectivity index (χ1n) is 6.76. The van der Waals surface area contributed by atoms with Crippen LogP contribution in [0, 0.1) is 6.92 Å². The lowest BCUT2D eigenvalue weighted by atomic mass is 9.96. The highest BCUT2D eigenvalue weighted by Crippen LogP contribution is 2.27. The van der Waals surface area contributed by atoms with E-state index < -0.39 is 0 Å². The molecule has 2 aromatic rings. The van der Waals surface area contributed by atoms with Gasteiger partial charge in [0.25, 0.3) is 0 Å². The standard InChI is InChI=1S/C17H19Cl2N/c1-12-6-3-4-7-13(12)10-15(20-2)11-14-8-5-9-16(18)17(14)19/h3-9,15,20H,10-11H2,1-2H3. The van der Waals surface area contributed by atoms with Gasteiger partial charge < -0.3 is 5.32 Å². The fourth-order valence-electron chi connectivity index (χ4n) is 2.35. The maximum atomic E-state index is 6.27. The number of nitrogens with one attached hydrogen (secondary N) is 1. The van der Waals surface area contributed by atoms with Crippen molar-refractivity contribution in [2.75, 3.05) is 7.05 Å². The molecule has 0 radical (unpaired) electrons. The summed E-state index contributed by atoms with van der Waals surface area (Å²) < 4.78 is 0. The first-order valence-corrected chi connectivity index (χ1v) is 7.52. The molecule has 0 spiro atoms. The van der Waals surface area contributed by atoms with Crippen LogP contribution in [0.1, 0.15) is 16.7 Å². The minimum absolute atomic E-state index is 0.340. The van der Waals surface area contributed by atoms with Gasteiger partial charge in [-0.1, -0.05) is 59.6 Å². The molecule has 106 valence electrons. The zero-order valence-corrected chi connectivity index (χ0v) is 13.3. The molecule has 0 amide bonds. The number of hydrogen-bond donors (Lipinski definition) is 1. The van der Waals surface area contributed by atoms with E-state index in [0.29, 0.717) is 16.1 Å². The first-order chi connectivity index (χ1) is 9.61. The van der Waals surface area contributed by atoms with Crippen molar-refractivity contribution in [2.24, 2.45) is 0 Å². The Labute approximate surface area is 130 Å². The van der Waals surface area contributed by atoms with Crippen LogP contribution in [0.3, 0.4) is 0 Å². The summed E-state index contributed by atoms with van der Waals surface area (Å²) in [4.78, 5) is 0. The molecule has 0 saturated heterocycles. The molecule has 0 heterocycles. The van der Waals surface area contributed by atoms with Crippen LogP contribution in [-0.4, -0.2) is 13.1 Å². The molecular weight excluding hydrogens is 289 g/mol. The third kappa shape index (κ3) is 3.76. The molecule has 0 aliphatic rings. The lowest BCUT2D eigenvalue weighted by Crippen LogP contribution is -2.30. The fourth-order valence-corrected chi connectivity index (χ4v) is 2.75. The summed E-state index contributed by atoms with van der Waals surface area (Å²) in [5.74, 6) is 0. The van der Waals surface area contributed by atoms with Crippen LogP contribution in [0.25, 0.3) is 0 Å². The third-order valence-electron chi connectivity index (χ3n) is 3.63. The van der Waals surface area contributed by atoms with Gasteiger partial charge in [-0.2, -0.15) is 0 Å². The number of likely N-dealkylation sites (N-methyl/N-ethyl adjacent to an activating group) is 1. The van der Waals surface area contributed by atoms with E-state index in [-0.39, 0.29) is 0 Å². The number of halogens is 2. The van der Waals surface area contributed by atoms with Gasteiger partial charge >= 0.3 is 0 Å². The van der Waals surface area contributed by atoms with Crippen LogP contribution < -0.4 is 5.32 Å². The van der Waals surface area contributed by atoms with Crippen molar-refractivity contribution >= 4 is 23.2 Å². The predicted octanol–water partition coefficient (Wildman–Crippen LogP) is 4.68. The van der Waals surface area contributed by atoms with Gasteiger partial charge in [-0.25, -0.2) is 0 Å². The Hall–Kier alpha value is -1.02. The second-order valence-corrected chi connectivity index (χ2v) is 5.82. The zero-order valence-electron chi connectivity index (χ0n) is 11.8. The zero-order chi connectivity index (χ0) is 14.5. The van der Waals surface area contributed by atoms with Crippen molar-refractivity contribution in [1.29, 1.82) is 0 Å². The first kappa shape index (κ1) is 15.4. The van der Waals surface area contributed by atoms with E-state index in [1.165, 1.54) is 11.1 Å². The molecule has 0 fully saturated rings. The predicted molar refractivity (Wildman–Crippen MR) is 87.9 cm³/mol. The monoisotopic (exact) mass is 307 g/mol. The highest BCUT2D eigenvalue weighted by atomic mass is 35.5. The van der Waals surface area contributed by atoms with Crippen LogP contribution in [0.5, 0.6) is 0 Å². The van der Waals surface area contributed by atoms with Gasteiger partial charge in [-0.3, -0.25) is 0 Å². The minimum Gasteiger partial charge on any atom is -0.316 e. The van der Waals surface area contributed by atoms with E-state index in [2.05, 4.69) is 36.5 Å². The Morgan fingerprint density at radius 3 is 2.30 bits per heavy atom. The van der Waals surface area contributed by atoms with Crippen molar-refractivity contribution in [1.82, 2.24) is 5.32 Å². The van der Waals surface area contributed by atoms with Crippen molar-refractivity contribution in [2.45, 2.75) is 25.8 Å². The maximum absolute atomic E-state index is 6.27. The summed E-state index contributed by atoms with van der Waals surface area (Å²) in [6.07, 6.45) is 1.84. The molecule has 0 saturated carbocycles. The minimum atomic E-state index is 0.340. The summed E-state index contributed by atoms with van der Waals surface area (Å²) in [6.45, 7) is 2.15.